The standard InChI is InChI=1S/C17H18ClN3O2S/c18-15-3-2-14(24-15)12-16(22)20-8-1-9-21(11-10-20)17(23)13-4-6-19-7-5-13/h2-7H,1,8-12H2. The molecule has 0 bridgehead atoms. The number of nitrogens with zero attached hydrogens (tertiary/aromatic N) is 3. The zero-order chi connectivity index (χ0) is 16.9. The molecule has 24 heavy (non-hydrogen) atoms. The van der Waals surface area contributed by atoms with Crippen LogP contribution in [0.1, 0.15) is 21.7 Å². The van der Waals surface area contributed by atoms with E-state index in [1.807, 2.05) is 21.9 Å². The highest BCUT2D eigenvalue weighted by Crippen LogP contribution is 2.22. The largest absolute Gasteiger partial charge is 0.341 e. The Morgan fingerprint density at radius 2 is 1.75 bits per heavy atom. The lowest BCUT2D eigenvalue weighted by Gasteiger charge is -2.22. The van der Waals surface area contributed by atoms with Gasteiger partial charge in [0.05, 0.1) is 10.8 Å². The summed E-state index contributed by atoms with van der Waals surface area (Å²) in [7, 11) is 0. The number of halogens is 1. The van der Waals surface area contributed by atoms with Crippen LogP contribution < -0.4 is 0 Å². The molecule has 0 saturated carbocycles. The Morgan fingerprint density at radius 1 is 1.04 bits per heavy atom. The highest BCUT2D eigenvalue weighted by Gasteiger charge is 2.23. The van der Waals surface area contributed by atoms with Crippen LogP contribution in [0.3, 0.4) is 0 Å². The van der Waals surface area contributed by atoms with Gasteiger partial charge in [0.15, 0.2) is 0 Å². The summed E-state index contributed by atoms with van der Waals surface area (Å²) in [5.41, 5.74) is 0.637. The van der Waals surface area contributed by atoms with E-state index in [4.69, 9.17) is 11.6 Å². The molecule has 3 rings (SSSR count). The lowest BCUT2D eigenvalue weighted by atomic mass is 10.2. The van der Waals surface area contributed by atoms with Crippen LogP contribution in [-0.2, 0) is 11.2 Å². The molecule has 0 N–H and O–H groups in total. The fraction of sp³-hybridized carbons (Fsp3) is 0.353. The summed E-state index contributed by atoms with van der Waals surface area (Å²) in [4.78, 5) is 33.5. The van der Waals surface area contributed by atoms with Gasteiger partial charge in [0.25, 0.3) is 5.91 Å². The molecule has 1 aliphatic heterocycles. The average molecular weight is 364 g/mol. The van der Waals surface area contributed by atoms with E-state index in [2.05, 4.69) is 4.98 Å². The number of hydrogen-bond donors (Lipinski definition) is 0. The number of aromatic nitrogens is 1. The summed E-state index contributed by atoms with van der Waals surface area (Å²) in [6, 6.07) is 7.14. The van der Waals surface area contributed by atoms with E-state index in [1.165, 1.54) is 11.3 Å². The van der Waals surface area contributed by atoms with Gasteiger partial charge in [0.1, 0.15) is 0 Å². The molecule has 2 aromatic rings. The van der Waals surface area contributed by atoms with Crippen molar-refractivity contribution >= 4 is 34.8 Å². The number of carbonyl (C=O) groups excluding carboxylic acids is 2. The molecule has 1 fully saturated rings. The SMILES string of the molecule is O=C(Cc1ccc(Cl)s1)N1CCCN(C(=O)c2ccncc2)CC1. The number of amides is 2. The maximum absolute atomic E-state index is 12.5. The van der Waals surface area contributed by atoms with Gasteiger partial charge in [0.2, 0.25) is 5.91 Å². The van der Waals surface area contributed by atoms with Gasteiger partial charge < -0.3 is 9.80 Å². The van der Waals surface area contributed by atoms with E-state index in [1.54, 1.807) is 24.5 Å². The first-order valence-corrected chi connectivity index (χ1v) is 9.04. The normalized spacial score (nSPS) is 15.2. The molecule has 1 aliphatic rings. The van der Waals surface area contributed by atoms with Gasteiger partial charge in [-0.3, -0.25) is 14.6 Å². The molecule has 0 atom stereocenters. The van der Waals surface area contributed by atoms with Crippen molar-refractivity contribution in [1.82, 2.24) is 14.8 Å². The summed E-state index contributed by atoms with van der Waals surface area (Å²) < 4.78 is 0.697. The third-order valence-corrected chi connectivity index (χ3v) is 5.25. The van der Waals surface area contributed by atoms with Crippen LogP contribution in [0.5, 0.6) is 0 Å². The summed E-state index contributed by atoms with van der Waals surface area (Å²) >= 11 is 7.35. The van der Waals surface area contributed by atoms with E-state index in [0.29, 0.717) is 42.5 Å². The third kappa shape index (κ3) is 4.13. The van der Waals surface area contributed by atoms with Crippen molar-refractivity contribution in [1.29, 1.82) is 0 Å². The second kappa shape index (κ2) is 7.77. The van der Waals surface area contributed by atoms with E-state index in [9.17, 15) is 9.59 Å². The lowest BCUT2D eigenvalue weighted by Crippen LogP contribution is -2.37. The second-order valence-electron chi connectivity index (χ2n) is 5.65. The quantitative estimate of drug-likeness (QED) is 0.842. The van der Waals surface area contributed by atoms with Crippen LogP contribution in [0.4, 0.5) is 0 Å². The maximum atomic E-state index is 12.5. The number of pyridine rings is 1. The summed E-state index contributed by atoms with van der Waals surface area (Å²) in [6.45, 7) is 2.46. The minimum absolute atomic E-state index is 0.00302. The Balaban J connectivity index is 1.58. The van der Waals surface area contributed by atoms with Crippen molar-refractivity contribution in [3.05, 3.63) is 51.4 Å². The van der Waals surface area contributed by atoms with Crippen LogP contribution in [-0.4, -0.2) is 52.8 Å². The van der Waals surface area contributed by atoms with Gasteiger partial charge in [-0.25, -0.2) is 0 Å². The van der Waals surface area contributed by atoms with Crippen LogP contribution in [0.2, 0.25) is 4.34 Å². The first-order valence-electron chi connectivity index (χ1n) is 7.85. The molecule has 7 heteroatoms. The Labute approximate surface area is 149 Å². The van der Waals surface area contributed by atoms with Gasteiger partial charge in [-0.2, -0.15) is 0 Å². The van der Waals surface area contributed by atoms with Crippen molar-refractivity contribution in [2.75, 3.05) is 26.2 Å². The van der Waals surface area contributed by atoms with Crippen LogP contribution in [0.25, 0.3) is 0 Å². The van der Waals surface area contributed by atoms with E-state index in [-0.39, 0.29) is 11.8 Å². The second-order valence-corrected chi connectivity index (χ2v) is 7.44. The molecule has 5 nitrogen and oxygen atoms in total. The highest BCUT2D eigenvalue weighted by molar-refractivity contribution is 7.16. The van der Waals surface area contributed by atoms with Gasteiger partial charge >= 0.3 is 0 Å². The number of carbonyl (C=O) groups is 2. The first-order chi connectivity index (χ1) is 11.6. The van der Waals surface area contributed by atoms with E-state index < -0.39 is 0 Å². The first kappa shape index (κ1) is 16.9. The highest BCUT2D eigenvalue weighted by atomic mass is 35.5. The Bertz CT molecular complexity index is 720. The molecule has 2 aromatic heterocycles. The average Bonchev–Trinajstić information content (AvgIpc) is 2.86. The monoisotopic (exact) mass is 363 g/mol. The predicted molar refractivity (Wildman–Crippen MR) is 94.4 cm³/mol. The Morgan fingerprint density at radius 3 is 2.46 bits per heavy atom. The van der Waals surface area contributed by atoms with Gasteiger partial charge in [-0.1, -0.05) is 11.6 Å². The molecule has 0 radical (unpaired) electrons. The summed E-state index contributed by atoms with van der Waals surface area (Å²) in [5.74, 6) is 0.0865. The molecular formula is C17H18ClN3O2S. The van der Waals surface area contributed by atoms with Crippen molar-refractivity contribution in [2.45, 2.75) is 12.8 Å². The van der Waals surface area contributed by atoms with Crippen LogP contribution in [0.15, 0.2) is 36.7 Å². The summed E-state index contributed by atoms with van der Waals surface area (Å²) in [5, 5.41) is 0. The molecule has 0 spiro atoms. The predicted octanol–water partition coefficient (Wildman–Crippen LogP) is 2.71. The van der Waals surface area contributed by atoms with E-state index >= 15 is 0 Å². The van der Waals surface area contributed by atoms with Crippen molar-refractivity contribution in [2.24, 2.45) is 0 Å². The number of hydrogen-bond acceptors (Lipinski definition) is 4. The fourth-order valence-corrected chi connectivity index (χ4v) is 3.83. The zero-order valence-corrected chi connectivity index (χ0v) is 14.7. The molecular weight excluding hydrogens is 346 g/mol. The fourth-order valence-electron chi connectivity index (χ4n) is 2.75. The smallest absolute Gasteiger partial charge is 0.254 e. The van der Waals surface area contributed by atoms with Crippen molar-refractivity contribution < 1.29 is 9.59 Å². The zero-order valence-electron chi connectivity index (χ0n) is 13.2. The van der Waals surface area contributed by atoms with Crippen LogP contribution >= 0.6 is 22.9 Å². The third-order valence-electron chi connectivity index (χ3n) is 4.02. The number of rotatable bonds is 3. The van der Waals surface area contributed by atoms with Gasteiger partial charge in [-0.05, 0) is 30.7 Å². The van der Waals surface area contributed by atoms with Crippen LogP contribution in [0, 0.1) is 0 Å². The Kier molecular flexibility index (Phi) is 5.48. The summed E-state index contributed by atoms with van der Waals surface area (Å²) in [6.07, 6.45) is 4.39. The van der Waals surface area contributed by atoms with Gasteiger partial charge in [-0.15, -0.1) is 11.3 Å². The molecule has 2 amide bonds. The van der Waals surface area contributed by atoms with Crippen molar-refractivity contribution in [3.63, 3.8) is 0 Å². The molecule has 0 aromatic carbocycles. The van der Waals surface area contributed by atoms with Gasteiger partial charge in [0, 0.05) is 49.0 Å². The minimum Gasteiger partial charge on any atom is -0.341 e. The maximum Gasteiger partial charge on any atom is 0.254 e. The van der Waals surface area contributed by atoms with Crippen molar-refractivity contribution in [3.8, 4) is 0 Å². The molecule has 0 unspecified atom stereocenters. The molecule has 0 aliphatic carbocycles. The molecule has 126 valence electrons. The topological polar surface area (TPSA) is 53.5 Å². The van der Waals surface area contributed by atoms with E-state index in [0.717, 1.165) is 11.3 Å². The molecule has 1 saturated heterocycles. The lowest BCUT2D eigenvalue weighted by molar-refractivity contribution is -0.130. The Hall–Kier alpha value is -1.92. The minimum atomic E-state index is -0.00302. The molecule has 3 heterocycles. The number of thiophene rings is 1.